The maximum atomic E-state index is 12.4. The number of halogens is 3. The molecule has 152 valence electrons. The molecule has 5 nitrogen and oxygen atoms in total. The third kappa shape index (κ3) is 7.70. The number of hydrogen-bond donors (Lipinski definition) is 2. The third-order valence-corrected chi connectivity index (χ3v) is 5.34. The minimum absolute atomic E-state index is 0.319. The van der Waals surface area contributed by atoms with E-state index in [1.54, 1.807) is 7.05 Å². The number of likely N-dealkylation sites (N-methyl/N-ethyl adjacent to an activating group) is 1. The van der Waals surface area contributed by atoms with Crippen LogP contribution in [0, 0.1) is 0 Å². The highest BCUT2D eigenvalue weighted by Gasteiger charge is 2.29. The molecule has 0 amide bonds. The molecule has 26 heavy (non-hydrogen) atoms. The molecule has 0 aromatic rings. The van der Waals surface area contributed by atoms with Crippen LogP contribution in [-0.2, 0) is 0 Å². The fourth-order valence-corrected chi connectivity index (χ4v) is 4.04. The molecule has 1 heterocycles. The first-order valence-electron chi connectivity index (χ1n) is 9.84. The number of nitrogens with one attached hydrogen (secondary N) is 2. The summed E-state index contributed by atoms with van der Waals surface area (Å²) in [5.41, 5.74) is 0. The molecule has 2 fully saturated rings. The maximum absolute atomic E-state index is 12.4. The van der Waals surface area contributed by atoms with Gasteiger partial charge in [-0.1, -0.05) is 19.3 Å². The van der Waals surface area contributed by atoms with Crippen molar-refractivity contribution in [3.05, 3.63) is 0 Å². The van der Waals surface area contributed by atoms with E-state index < -0.39 is 12.7 Å². The number of likely N-dealkylation sites (tertiary alicyclic amines) is 1. The Bertz CT molecular complexity index is 435. The van der Waals surface area contributed by atoms with Crippen LogP contribution in [0.5, 0.6) is 0 Å². The molecule has 1 aliphatic heterocycles. The third-order valence-electron chi connectivity index (χ3n) is 5.34. The molecule has 2 N–H and O–H groups in total. The molecule has 1 unspecified atom stereocenters. The molecular weight excluding hydrogens is 343 g/mol. The molecule has 0 radical (unpaired) electrons. The van der Waals surface area contributed by atoms with Gasteiger partial charge in [-0.2, -0.15) is 13.2 Å². The van der Waals surface area contributed by atoms with E-state index in [1.165, 1.54) is 57.0 Å². The molecule has 1 saturated carbocycles. The fourth-order valence-electron chi connectivity index (χ4n) is 4.04. The minimum atomic E-state index is -4.15. The molecule has 1 atom stereocenters. The Labute approximate surface area is 155 Å². The molecule has 0 aromatic heterocycles. The number of piperidine rings is 1. The first-order chi connectivity index (χ1) is 12.4. The van der Waals surface area contributed by atoms with Crippen molar-refractivity contribution < 1.29 is 13.2 Å². The number of hydrogen-bond acceptors (Lipinski definition) is 3. The van der Waals surface area contributed by atoms with Gasteiger partial charge in [0.2, 0.25) is 0 Å². The Morgan fingerprint density at radius 3 is 2.54 bits per heavy atom. The summed E-state index contributed by atoms with van der Waals surface area (Å²) in [7, 11) is 3.19. The number of guanidine groups is 1. The SMILES string of the molecule is CN=C(NCCN(C)CC(F)(F)F)NC1CCCN(C2CCCCC2)C1. The van der Waals surface area contributed by atoms with Crippen LogP contribution in [0.25, 0.3) is 0 Å². The van der Waals surface area contributed by atoms with E-state index in [1.807, 2.05) is 0 Å². The van der Waals surface area contributed by atoms with Gasteiger partial charge < -0.3 is 10.6 Å². The monoisotopic (exact) mass is 377 g/mol. The highest BCUT2D eigenvalue weighted by atomic mass is 19.4. The smallest absolute Gasteiger partial charge is 0.355 e. The number of rotatable bonds is 6. The highest BCUT2D eigenvalue weighted by Crippen LogP contribution is 2.25. The zero-order chi connectivity index (χ0) is 19.0. The van der Waals surface area contributed by atoms with Gasteiger partial charge in [-0.3, -0.25) is 14.8 Å². The van der Waals surface area contributed by atoms with Crippen molar-refractivity contribution in [2.75, 3.05) is 46.8 Å². The van der Waals surface area contributed by atoms with Crippen LogP contribution >= 0.6 is 0 Å². The van der Waals surface area contributed by atoms with E-state index in [-0.39, 0.29) is 0 Å². The quantitative estimate of drug-likeness (QED) is 0.551. The van der Waals surface area contributed by atoms with E-state index in [2.05, 4.69) is 20.5 Å². The van der Waals surface area contributed by atoms with Gasteiger partial charge in [0, 0.05) is 38.8 Å². The number of nitrogens with zero attached hydrogens (tertiary/aromatic N) is 3. The van der Waals surface area contributed by atoms with Crippen LogP contribution < -0.4 is 10.6 Å². The number of aliphatic imine (C=N–C) groups is 1. The topological polar surface area (TPSA) is 42.9 Å². The average molecular weight is 377 g/mol. The molecule has 0 spiro atoms. The van der Waals surface area contributed by atoms with E-state index in [9.17, 15) is 13.2 Å². The Kier molecular flexibility index (Phi) is 8.47. The van der Waals surface area contributed by atoms with Gasteiger partial charge in [0.05, 0.1) is 6.54 Å². The Hall–Kier alpha value is -1.02. The van der Waals surface area contributed by atoms with Crippen LogP contribution in [0.3, 0.4) is 0 Å². The normalized spacial score (nSPS) is 24.1. The minimum Gasteiger partial charge on any atom is -0.355 e. The van der Waals surface area contributed by atoms with Gasteiger partial charge >= 0.3 is 6.18 Å². The summed E-state index contributed by atoms with van der Waals surface area (Å²) in [5.74, 6) is 0.681. The van der Waals surface area contributed by atoms with Gasteiger partial charge in [-0.05, 0) is 39.3 Å². The van der Waals surface area contributed by atoms with Crippen molar-refractivity contribution in [3.8, 4) is 0 Å². The Morgan fingerprint density at radius 1 is 1.15 bits per heavy atom. The van der Waals surface area contributed by atoms with Crippen molar-refractivity contribution in [2.24, 2.45) is 4.99 Å². The predicted molar refractivity (Wildman–Crippen MR) is 99.5 cm³/mol. The van der Waals surface area contributed by atoms with E-state index in [4.69, 9.17) is 0 Å². The second-order valence-corrected chi connectivity index (χ2v) is 7.62. The van der Waals surface area contributed by atoms with Crippen LogP contribution in [0.2, 0.25) is 0 Å². The summed E-state index contributed by atoms with van der Waals surface area (Å²) in [4.78, 5) is 8.11. The molecule has 1 aliphatic carbocycles. The van der Waals surface area contributed by atoms with Gasteiger partial charge in [0.25, 0.3) is 0 Å². The van der Waals surface area contributed by atoms with Gasteiger partial charge in [0.15, 0.2) is 5.96 Å². The van der Waals surface area contributed by atoms with Crippen molar-refractivity contribution in [1.29, 1.82) is 0 Å². The summed E-state index contributed by atoms with van der Waals surface area (Å²) in [6.45, 7) is 2.07. The van der Waals surface area contributed by atoms with Gasteiger partial charge in [-0.25, -0.2) is 0 Å². The molecule has 0 bridgehead atoms. The second kappa shape index (κ2) is 10.3. The summed E-state index contributed by atoms with van der Waals surface area (Å²) in [5, 5.41) is 6.59. The van der Waals surface area contributed by atoms with Gasteiger partial charge in [0.1, 0.15) is 0 Å². The van der Waals surface area contributed by atoms with Crippen LogP contribution in [0.15, 0.2) is 4.99 Å². The molecule has 1 saturated heterocycles. The Balaban J connectivity index is 1.71. The lowest BCUT2D eigenvalue weighted by Gasteiger charge is -2.40. The second-order valence-electron chi connectivity index (χ2n) is 7.62. The fraction of sp³-hybridized carbons (Fsp3) is 0.944. The molecule has 8 heteroatoms. The van der Waals surface area contributed by atoms with Crippen LogP contribution in [-0.4, -0.2) is 80.8 Å². The summed E-state index contributed by atoms with van der Waals surface area (Å²) >= 11 is 0. The van der Waals surface area contributed by atoms with Crippen molar-refractivity contribution in [3.63, 3.8) is 0 Å². The van der Waals surface area contributed by atoms with Crippen molar-refractivity contribution in [1.82, 2.24) is 20.4 Å². The van der Waals surface area contributed by atoms with E-state index in [0.717, 1.165) is 19.0 Å². The highest BCUT2D eigenvalue weighted by molar-refractivity contribution is 5.79. The molecule has 2 aliphatic rings. The van der Waals surface area contributed by atoms with Crippen LogP contribution in [0.1, 0.15) is 44.9 Å². The zero-order valence-electron chi connectivity index (χ0n) is 16.1. The standard InChI is InChI=1S/C18H34F3N5/c1-22-17(23-10-12-25(2)14-18(19,20)21)24-15-7-6-11-26(13-15)16-8-4-3-5-9-16/h15-16H,3-14H2,1-2H3,(H2,22,23,24). The molecular formula is C18H34F3N5. The summed E-state index contributed by atoms with van der Waals surface area (Å²) in [6, 6.07) is 1.07. The molecule has 0 aromatic carbocycles. The maximum Gasteiger partial charge on any atom is 0.401 e. The van der Waals surface area contributed by atoms with Crippen molar-refractivity contribution in [2.45, 2.75) is 63.2 Å². The van der Waals surface area contributed by atoms with Gasteiger partial charge in [-0.15, -0.1) is 0 Å². The Morgan fingerprint density at radius 2 is 1.88 bits per heavy atom. The lowest BCUT2D eigenvalue weighted by molar-refractivity contribution is -0.142. The van der Waals surface area contributed by atoms with Crippen LogP contribution in [0.4, 0.5) is 13.2 Å². The summed E-state index contributed by atoms with van der Waals surface area (Å²) < 4.78 is 37.1. The molecule has 2 rings (SSSR count). The lowest BCUT2D eigenvalue weighted by Crippen LogP contribution is -2.54. The number of alkyl halides is 3. The average Bonchev–Trinajstić information content (AvgIpc) is 2.60. The predicted octanol–water partition coefficient (Wildman–Crippen LogP) is 2.44. The van der Waals surface area contributed by atoms with Crippen molar-refractivity contribution >= 4 is 5.96 Å². The van der Waals surface area contributed by atoms with E-state index in [0.29, 0.717) is 25.1 Å². The zero-order valence-corrected chi connectivity index (χ0v) is 16.1. The lowest BCUT2D eigenvalue weighted by atomic mass is 9.92. The largest absolute Gasteiger partial charge is 0.401 e. The first kappa shape index (κ1) is 21.3. The summed E-state index contributed by atoms with van der Waals surface area (Å²) in [6.07, 6.45) is 4.81. The van der Waals surface area contributed by atoms with E-state index >= 15 is 0 Å². The first-order valence-corrected chi connectivity index (χ1v) is 9.84.